The Morgan fingerprint density at radius 3 is 2.79 bits per heavy atom. The number of carbonyl (C=O) groups excluding carboxylic acids is 1. The van der Waals surface area contributed by atoms with Crippen molar-refractivity contribution in [3.05, 3.63) is 74.1 Å². The first kappa shape index (κ1) is 24.3. The van der Waals surface area contributed by atoms with E-state index < -0.39 is 0 Å². The van der Waals surface area contributed by atoms with Gasteiger partial charge in [-0.3, -0.25) is 4.79 Å². The average Bonchev–Trinajstić information content (AvgIpc) is 3.14. The number of aryl methyl sites for hydroxylation is 2. The molecular formula is C28H27BrN2O2S. The van der Waals surface area contributed by atoms with Crippen molar-refractivity contribution in [2.24, 2.45) is 4.99 Å². The third-order valence-corrected chi connectivity index (χ3v) is 7.57. The summed E-state index contributed by atoms with van der Waals surface area (Å²) in [5, 5.41) is 3.86. The van der Waals surface area contributed by atoms with E-state index in [9.17, 15) is 4.79 Å². The van der Waals surface area contributed by atoms with Crippen molar-refractivity contribution >= 4 is 50.1 Å². The van der Waals surface area contributed by atoms with Gasteiger partial charge in [-0.1, -0.05) is 52.9 Å². The van der Waals surface area contributed by atoms with Gasteiger partial charge in [-0.15, -0.1) is 17.8 Å². The van der Waals surface area contributed by atoms with Crippen molar-refractivity contribution in [2.45, 2.75) is 45.4 Å². The Kier molecular flexibility index (Phi) is 8.21. The van der Waals surface area contributed by atoms with Crippen molar-refractivity contribution < 1.29 is 9.53 Å². The fourth-order valence-corrected chi connectivity index (χ4v) is 5.74. The number of benzene rings is 2. The van der Waals surface area contributed by atoms with Crippen LogP contribution in [0.5, 0.6) is 5.75 Å². The normalized spacial score (nSPS) is 13.6. The molecule has 4 rings (SSSR count). The highest BCUT2D eigenvalue weighted by atomic mass is 79.9. The van der Waals surface area contributed by atoms with Crippen LogP contribution in [0.15, 0.2) is 51.9 Å². The van der Waals surface area contributed by atoms with Crippen LogP contribution >= 0.6 is 27.3 Å². The van der Waals surface area contributed by atoms with Crippen LogP contribution in [-0.2, 0) is 12.8 Å². The minimum atomic E-state index is -0.0995. The van der Waals surface area contributed by atoms with E-state index in [1.54, 1.807) is 17.6 Å². The summed E-state index contributed by atoms with van der Waals surface area (Å²) in [6, 6.07) is 13.5. The van der Waals surface area contributed by atoms with Gasteiger partial charge in [-0.05, 0) is 68.0 Å². The lowest BCUT2D eigenvalue weighted by Gasteiger charge is -2.12. The zero-order chi connectivity index (χ0) is 23.9. The summed E-state index contributed by atoms with van der Waals surface area (Å²) in [6.07, 6.45) is 13.7. The molecule has 4 nitrogen and oxygen atoms in total. The molecule has 0 saturated carbocycles. The van der Waals surface area contributed by atoms with E-state index in [-0.39, 0.29) is 12.5 Å². The van der Waals surface area contributed by atoms with Crippen LogP contribution in [0.1, 0.15) is 57.6 Å². The summed E-state index contributed by atoms with van der Waals surface area (Å²) in [4.78, 5) is 19.7. The van der Waals surface area contributed by atoms with Crippen molar-refractivity contribution in [3.8, 4) is 18.1 Å². The maximum atomic E-state index is 13.6. The Labute approximate surface area is 213 Å². The zero-order valence-electron chi connectivity index (χ0n) is 19.2. The summed E-state index contributed by atoms with van der Waals surface area (Å²) >= 11 is 5.15. The molecule has 1 N–H and O–H groups in total. The van der Waals surface area contributed by atoms with E-state index in [2.05, 4.69) is 27.2 Å². The first-order valence-corrected chi connectivity index (χ1v) is 13.1. The van der Waals surface area contributed by atoms with Gasteiger partial charge in [-0.25, -0.2) is 4.99 Å². The Morgan fingerprint density at radius 2 is 2.00 bits per heavy atom. The molecule has 6 heteroatoms. The maximum Gasteiger partial charge on any atom is 0.259 e. The number of nitrogens with zero attached hydrogens (tertiary/aromatic N) is 1. The number of anilines is 1. The number of hydrogen-bond donors (Lipinski definition) is 1. The van der Waals surface area contributed by atoms with E-state index in [0.29, 0.717) is 11.3 Å². The lowest BCUT2D eigenvalue weighted by atomic mass is 9.96. The van der Waals surface area contributed by atoms with E-state index in [1.165, 1.54) is 17.7 Å². The zero-order valence-corrected chi connectivity index (χ0v) is 21.6. The molecule has 0 atom stereocenters. The van der Waals surface area contributed by atoms with Gasteiger partial charge in [0.15, 0.2) is 0 Å². The lowest BCUT2D eigenvalue weighted by molar-refractivity contribution is 0.102. The number of rotatable bonds is 6. The second kappa shape index (κ2) is 11.5. The Bertz CT molecular complexity index is 1260. The van der Waals surface area contributed by atoms with Crippen molar-refractivity contribution in [3.63, 3.8) is 0 Å². The van der Waals surface area contributed by atoms with Crippen LogP contribution in [0.3, 0.4) is 0 Å². The van der Waals surface area contributed by atoms with Crippen LogP contribution in [-0.4, -0.2) is 18.7 Å². The van der Waals surface area contributed by atoms with Gasteiger partial charge in [0.1, 0.15) is 17.4 Å². The fraction of sp³-hybridized carbons (Fsp3) is 0.286. The summed E-state index contributed by atoms with van der Waals surface area (Å²) in [6.45, 7) is 2.18. The largest absolute Gasteiger partial charge is 0.480 e. The van der Waals surface area contributed by atoms with E-state index >= 15 is 0 Å². The van der Waals surface area contributed by atoms with Crippen molar-refractivity contribution in [1.82, 2.24) is 0 Å². The van der Waals surface area contributed by atoms with Gasteiger partial charge in [-0.2, -0.15) is 0 Å². The van der Waals surface area contributed by atoms with Crippen LogP contribution < -0.4 is 10.1 Å². The fourth-order valence-electron chi connectivity index (χ4n) is 4.13. The van der Waals surface area contributed by atoms with E-state index in [0.717, 1.165) is 57.5 Å². The molecule has 0 unspecified atom stereocenters. The molecular weight excluding hydrogens is 508 g/mol. The predicted molar refractivity (Wildman–Crippen MR) is 145 cm³/mol. The van der Waals surface area contributed by atoms with Crippen LogP contribution in [0.4, 0.5) is 10.7 Å². The third kappa shape index (κ3) is 5.78. The molecule has 1 amide bonds. The molecule has 2 aromatic carbocycles. The number of para-hydroxylation sites is 1. The number of hydrogen-bond acceptors (Lipinski definition) is 4. The molecule has 174 valence electrons. The number of ether oxygens (including phenoxy) is 1. The molecule has 0 fully saturated rings. The number of thiophene rings is 1. The topological polar surface area (TPSA) is 50.7 Å². The first-order chi connectivity index (χ1) is 16.6. The highest BCUT2D eigenvalue weighted by Gasteiger charge is 2.24. The molecule has 1 aliphatic rings. The molecule has 3 aromatic rings. The number of nitrogens with one attached hydrogen (secondary N) is 1. The number of amides is 1. The lowest BCUT2D eigenvalue weighted by Crippen LogP contribution is -2.15. The SMILES string of the molecule is C#CCOc1ccc(Br)cc1C=Nc1sc2c(c1C(=O)Nc1ccccc1C)CCCCCC2. The Morgan fingerprint density at radius 1 is 1.21 bits per heavy atom. The number of halogens is 1. The minimum absolute atomic E-state index is 0.0995. The Hall–Kier alpha value is -2.88. The van der Waals surface area contributed by atoms with Gasteiger partial charge in [0, 0.05) is 26.8 Å². The van der Waals surface area contributed by atoms with Gasteiger partial charge in [0.25, 0.3) is 5.91 Å². The maximum absolute atomic E-state index is 13.6. The van der Waals surface area contributed by atoms with Gasteiger partial charge in [0.2, 0.25) is 0 Å². The number of aliphatic imine (C=N–C) groups is 1. The average molecular weight is 536 g/mol. The van der Waals surface area contributed by atoms with Gasteiger partial charge >= 0.3 is 0 Å². The highest BCUT2D eigenvalue weighted by Crippen LogP contribution is 2.39. The van der Waals surface area contributed by atoms with Crippen molar-refractivity contribution in [1.29, 1.82) is 0 Å². The first-order valence-electron chi connectivity index (χ1n) is 11.5. The van der Waals surface area contributed by atoms with E-state index in [4.69, 9.17) is 16.2 Å². The van der Waals surface area contributed by atoms with Gasteiger partial charge < -0.3 is 10.1 Å². The summed E-state index contributed by atoms with van der Waals surface area (Å²) in [5.41, 5.74) is 4.51. The number of carbonyl (C=O) groups is 1. The molecule has 0 aliphatic heterocycles. The second-order valence-corrected chi connectivity index (χ2v) is 10.3. The molecule has 1 aliphatic carbocycles. The van der Waals surface area contributed by atoms with Crippen LogP contribution in [0.2, 0.25) is 0 Å². The quantitative estimate of drug-likeness (QED) is 0.263. The molecule has 0 saturated heterocycles. The monoisotopic (exact) mass is 534 g/mol. The van der Waals surface area contributed by atoms with E-state index in [1.807, 2.05) is 49.4 Å². The second-order valence-electron chi connectivity index (χ2n) is 8.30. The Balaban J connectivity index is 1.73. The van der Waals surface area contributed by atoms with Crippen LogP contribution in [0.25, 0.3) is 0 Å². The summed E-state index contributed by atoms with van der Waals surface area (Å²) in [7, 11) is 0. The standard InChI is InChI=1S/C28H27BrN2O2S/c1-3-16-33-24-15-14-21(29)17-20(24)18-30-28-26(22-11-6-4-5-7-13-25(22)34-28)27(32)31-23-12-9-8-10-19(23)2/h1,8-10,12,14-15,17-18H,4-7,11,13,16H2,2H3,(H,31,32). The van der Waals surface area contributed by atoms with Crippen molar-refractivity contribution in [2.75, 3.05) is 11.9 Å². The number of fused-ring (bicyclic) bond motifs is 1. The molecule has 1 aromatic heterocycles. The molecule has 0 spiro atoms. The molecule has 34 heavy (non-hydrogen) atoms. The predicted octanol–water partition coefficient (Wildman–Crippen LogP) is 7.49. The van der Waals surface area contributed by atoms with Gasteiger partial charge in [0.05, 0.1) is 5.56 Å². The van der Waals surface area contributed by atoms with Crippen LogP contribution in [0, 0.1) is 19.3 Å². The molecule has 0 bridgehead atoms. The summed E-state index contributed by atoms with van der Waals surface area (Å²) in [5.74, 6) is 3.06. The smallest absolute Gasteiger partial charge is 0.259 e. The molecule has 0 radical (unpaired) electrons. The minimum Gasteiger partial charge on any atom is -0.480 e. The highest BCUT2D eigenvalue weighted by molar-refractivity contribution is 9.10. The molecule has 1 heterocycles. The summed E-state index contributed by atoms with van der Waals surface area (Å²) < 4.78 is 6.60. The number of terminal acetylenes is 1. The third-order valence-electron chi connectivity index (χ3n) is 5.88.